The summed E-state index contributed by atoms with van der Waals surface area (Å²) < 4.78 is 18.8. The molecule has 0 aliphatic rings. The third kappa shape index (κ3) is 3.52. The summed E-state index contributed by atoms with van der Waals surface area (Å²) in [6, 6.07) is 19.6. The molecule has 120 valence electrons. The van der Waals surface area contributed by atoms with Crippen molar-refractivity contribution in [2.45, 2.75) is 0 Å². The number of nitrogens with zero attached hydrogens (tertiary/aromatic N) is 1. The molecule has 0 amide bonds. The van der Waals surface area contributed by atoms with Crippen LogP contribution in [0, 0.1) is 29.5 Å². The van der Waals surface area contributed by atoms with Crippen molar-refractivity contribution in [3.63, 3.8) is 0 Å². The van der Waals surface area contributed by atoms with Gasteiger partial charge in [0, 0.05) is 5.56 Å². The Labute approximate surface area is 145 Å². The van der Waals surface area contributed by atoms with Crippen molar-refractivity contribution in [1.29, 1.82) is 5.26 Å². The van der Waals surface area contributed by atoms with Gasteiger partial charge < -0.3 is 4.74 Å². The normalized spacial score (nSPS) is 10.9. The lowest BCUT2D eigenvalue weighted by Crippen LogP contribution is -1.96. The van der Waals surface area contributed by atoms with Crippen LogP contribution < -0.4 is 4.74 Å². The fourth-order valence-electron chi connectivity index (χ4n) is 2.62. The van der Waals surface area contributed by atoms with Crippen LogP contribution in [0.2, 0.25) is 0 Å². The molecule has 3 heteroatoms. The van der Waals surface area contributed by atoms with Crippen LogP contribution in [0.3, 0.4) is 0 Å². The van der Waals surface area contributed by atoms with Gasteiger partial charge in [-0.3, -0.25) is 0 Å². The Bertz CT molecular complexity index is 1020. The Hall–Kier alpha value is -3.56. The molecule has 25 heavy (non-hydrogen) atoms. The standard InChI is InChI=1S/C22H14FNO/c1-2-13-25-22-12-9-17-5-3-4-6-20(17)21(22)14-18(15-24)16-7-10-19(23)11-8-16/h1,3-12,14H,13H2/b18-14-. The summed E-state index contributed by atoms with van der Waals surface area (Å²) in [6.07, 6.45) is 7.04. The quantitative estimate of drug-likeness (QED) is 0.381. The number of fused-ring (bicyclic) bond motifs is 1. The third-order valence-corrected chi connectivity index (χ3v) is 3.81. The minimum Gasteiger partial charge on any atom is -0.480 e. The van der Waals surface area contributed by atoms with Crippen LogP contribution in [0.5, 0.6) is 5.75 Å². The van der Waals surface area contributed by atoms with Crippen LogP contribution in [-0.4, -0.2) is 6.61 Å². The highest BCUT2D eigenvalue weighted by Gasteiger charge is 2.09. The van der Waals surface area contributed by atoms with Crippen LogP contribution >= 0.6 is 0 Å². The van der Waals surface area contributed by atoms with Crippen molar-refractivity contribution in [2.24, 2.45) is 0 Å². The zero-order valence-corrected chi connectivity index (χ0v) is 13.4. The highest BCUT2D eigenvalue weighted by Crippen LogP contribution is 2.32. The molecule has 3 aromatic carbocycles. The van der Waals surface area contributed by atoms with Gasteiger partial charge in [0.05, 0.1) is 11.6 Å². The Morgan fingerprint density at radius 3 is 2.56 bits per heavy atom. The van der Waals surface area contributed by atoms with Gasteiger partial charge in [-0.25, -0.2) is 4.39 Å². The molecular weight excluding hydrogens is 313 g/mol. The predicted molar refractivity (Wildman–Crippen MR) is 98.2 cm³/mol. The highest BCUT2D eigenvalue weighted by atomic mass is 19.1. The number of allylic oxidation sites excluding steroid dienone is 1. The fourth-order valence-corrected chi connectivity index (χ4v) is 2.62. The number of halogens is 1. The first kappa shape index (κ1) is 16.3. The predicted octanol–water partition coefficient (Wildman–Crippen LogP) is 5.06. The van der Waals surface area contributed by atoms with Gasteiger partial charge in [0.25, 0.3) is 0 Å². The molecule has 0 bridgehead atoms. The lowest BCUT2D eigenvalue weighted by atomic mass is 9.98. The number of benzene rings is 3. The van der Waals surface area contributed by atoms with E-state index >= 15 is 0 Å². The van der Waals surface area contributed by atoms with Crippen molar-refractivity contribution in [1.82, 2.24) is 0 Å². The number of rotatable bonds is 4. The third-order valence-electron chi connectivity index (χ3n) is 3.81. The first-order chi connectivity index (χ1) is 12.2. The minimum atomic E-state index is -0.343. The molecule has 0 saturated carbocycles. The topological polar surface area (TPSA) is 33.0 Å². The molecule has 0 fully saturated rings. The van der Waals surface area contributed by atoms with E-state index in [1.54, 1.807) is 18.2 Å². The van der Waals surface area contributed by atoms with E-state index < -0.39 is 0 Å². The first-order valence-electron chi connectivity index (χ1n) is 7.68. The van der Waals surface area contributed by atoms with Crippen LogP contribution in [0.25, 0.3) is 22.4 Å². The SMILES string of the molecule is C#CCOc1ccc2ccccc2c1/C=C(/C#N)c1ccc(F)cc1. The summed E-state index contributed by atoms with van der Waals surface area (Å²) in [5.41, 5.74) is 1.83. The summed E-state index contributed by atoms with van der Waals surface area (Å²) in [5.74, 6) is 2.71. The second kappa shape index (κ2) is 7.34. The maximum Gasteiger partial charge on any atom is 0.148 e. The van der Waals surface area contributed by atoms with E-state index in [0.29, 0.717) is 16.9 Å². The fraction of sp³-hybridized carbons (Fsp3) is 0.0455. The molecule has 0 radical (unpaired) electrons. The van der Waals surface area contributed by atoms with Gasteiger partial charge in [0.15, 0.2) is 0 Å². The molecule has 0 atom stereocenters. The molecule has 0 aliphatic heterocycles. The molecule has 0 spiro atoms. The lowest BCUT2D eigenvalue weighted by Gasteiger charge is -2.11. The molecule has 2 nitrogen and oxygen atoms in total. The molecule has 0 unspecified atom stereocenters. The minimum absolute atomic E-state index is 0.137. The second-order valence-corrected chi connectivity index (χ2v) is 5.37. The van der Waals surface area contributed by atoms with Gasteiger partial charge in [-0.1, -0.05) is 48.4 Å². The number of hydrogen-bond acceptors (Lipinski definition) is 2. The van der Waals surface area contributed by atoms with Crippen LogP contribution in [-0.2, 0) is 0 Å². The van der Waals surface area contributed by atoms with Crippen molar-refractivity contribution >= 4 is 22.4 Å². The zero-order chi connectivity index (χ0) is 17.6. The molecule has 0 aliphatic carbocycles. The maximum absolute atomic E-state index is 13.2. The number of hydrogen-bond donors (Lipinski definition) is 0. The highest BCUT2D eigenvalue weighted by molar-refractivity contribution is 6.00. The van der Waals surface area contributed by atoms with E-state index in [2.05, 4.69) is 12.0 Å². The average molecular weight is 327 g/mol. The van der Waals surface area contributed by atoms with E-state index in [1.165, 1.54) is 12.1 Å². The van der Waals surface area contributed by atoms with Crippen molar-refractivity contribution < 1.29 is 9.13 Å². The molecule has 3 aromatic rings. The van der Waals surface area contributed by atoms with Crippen molar-refractivity contribution in [3.05, 3.63) is 77.6 Å². The van der Waals surface area contributed by atoms with Gasteiger partial charge in [-0.15, -0.1) is 6.42 Å². The van der Waals surface area contributed by atoms with Gasteiger partial charge in [0.1, 0.15) is 18.2 Å². The largest absolute Gasteiger partial charge is 0.480 e. The summed E-state index contributed by atoms with van der Waals surface area (Å²) in [7, 11) is 0. The summed E-state index contributed by atoms with van der Waals surface area (Å²) in [6.45, 7) is 0.137. The van der Waals surface area contributed by atoms with Gasteiger partial charge >= 0.3 is 0 Å². The van der Waals surface area contributed by atoms with E-state index in [9.17, 15) is 9.65 Å². The van der Waals surface area contributed by atoms with E-state index in [-0.39, 0.29) is 12.4 Å². The molecule has 0 aromatic heterocycles. The summed E-state index contributed by atoms with van der Waals surface area (Å²) in [4.78, 5) is 0. The number of terminal acetylenes is 1. The zero-order valence-electron chi connectivity index (χ0n) is 13.4. The van der Waals surface area contributed by atoms with Crippen molar-refractivity contribution in [3.8, 4) is 24.2 Å². The summed E-state index contributed by atoms with van der Waals surface area (Å²) in [5, 5.41) is 11.5. The van der Waals surface area contributed by atoms with Gasteiger partial charge in [-0.05, 0) is 40.6 Å². The van der Waals surface area contributed by atoms with E-state index in [1.807, 2.05) is 36.4 Å². The van der Waals surface area contributed by atoms with Gasteiger partial charge in [0.2, 0.25) is 0 Å². The second-order valence-electron chi connectivity index (χ2n) is 5.37. The molecule has 0 N–H and O–H groups in total. The van der Waals surface area contributed by atoms with Crippen LogP contribution in [0.1, 0.15) is 11.1 Å². The van der Waals surface area contributed by atoms with E-state index in [0.717, 1.165) is 16.3 Å². The number of nitriles is 1. The summed E-state index contributed by atoms with van der Waals surface area (Å²) >= 11 is 0. The maximum atomic E-state index is 13.2. The monoisotopic (exact) mass is 327 g/mol. The Morgan fingerprint density at radius 1 is 1.08 bits per heavy atom. The molecular formula is C22H14FNO. The molecule has 0 heterocycles. The molecule has 3 rings (SSSR count). The van der Waals surface area contributed by atoms with Crippen LogP contribution in [0.4, 0.5) is 4.39 Å². The van der Waals surface area contributed by atoms with Gasteiger partial charge in [-0.2, -0.15) is 5.26 Å². The smallest absolute Gasteiger partial charge is 0.148 e. The van der Waals surface area contributed by atoms with E-state index in [4.69, 9.17) is 11.2 Å². The van der Waals surface area contributed by atoms with Crippen molar-refractivity contribution in [2.75, 3.05) is 6.61 Å². The Kier molecular flexibility index (Phi) is 4.79. The Morgan fingerprint density at radius 2 is 1.84 bits per heavy atom. The molecule has 0 saturated heterocycles. The number of ether oxygens (including phenoxy) is 1. The Balaban J connectivity index is 2.19. The first-order valence-corrected chi connectivity index (χ1v) is 7.68. The lowest BCUT2D eigenvalue weighted by molar-refractivity contribution is 0.370. The van der Waals surface area contributed by atoms with Crippen LogP contribution in [0.15, 0.2) is 60.7 Å². The average Bonchev–Trinajstić information content (AvgIpc) is 2.65.